The Bertz CT molecular complexity index is 856. The number of amides is 1. The van der Waals surface area contributed by atoms with Crippen LogP contribution in [0.5, 0.6) is 0 Å². The maximum atomic E-state index is 12.3. The van der Waals surface area contributed by atoms with Crippen molar-refractivity contribution in [2.24, 2.45) is 5.92 Å². The van der Waals surface area contributed by atoms with E-state index >= 15 is 0 Å². The number of hydrogen-bond donors (Lipinski definition) is 0. The molecule has 0 bridgehead atoms. The summed E-state index contributed by atoms with van der Waals surface area (Å²) >= 11 is 0. The lowest BCUT2D eigenvalue weighted by atomic mass is 9.90. The lowest BCUT2D eigenvalue weighted by Crippen LogP contribution is -2.46. The average Bonchev–Trinajstić information content (AvgIpc) is 2.99. The molecule has 1 spiro atoms. The second kappa shape index (κ2) is 7.70. The molecular formula is C23H31N3O2. The van der Waals surface area contributed by atoms with Gasteiger partial charge in [-0.2, -0.15) is 0 Å². The zero-order valence-electron chi connectivity index (χ0n) is 17.3. The molecule has 2 aliphatic heterocycles. The number of likely N-dealkylation sites (tertiary alicyclic amines) is 1. The van der Waals surface area contributed by atoms with Gasteiger partial charge in [-0.1, -0.05) is 26.0 Å². The molecule has 0 aliphatic carbocycles. The first-order chi connectivity index (χ1) is 13.5. The zero-order valence-corrected chi connectivity index (χ0v) is 17.3. The van der Waals surface area contributed by atoms with Crippen LogP contribution in [0.15, 0.2) is 30.5 Å². The quantitative estimate of drug-likeness (QED) is 0.771. The summed E-state index contributed by atoms with van der Waals surface area (Å²) in [4.78, 5) is 21.2. The number of piperidine rings is 1. The van der Waals surface area contributed by atoms with Gasteiger partial charge >= 0.3 is 6.09 Å². The van der Waals surface area contributed by atoms with Crippen LogP contribution in [0.1, 0.15) is 44.2 Å². The Balaban J connectivity index is 1.40. The van der Waals surface area contributed by atoms with Gasteiger partial charge in [-0.25, -0.2) is 4.79 Å². The molecule has 0 N–H and O–H groups in total. The van der Waals surface area contributed by atoms with Crippen LogP contribution < -0.4 is 0 Å². The van der Waals surface area contributed by atoms with Gasteiger partial charge in [0.25, 0.3) is 0 Å². The van der Waals surface area contributed by atoms with E-state index in [2.05, 4.69) is 48.9 Å². The summed E-state index contributed by atoms with van der Waals surface area (Å²) in [7, 11) is 0. The molecule has 0 unspecified atom stereocenters. The lowest BCUT2D eigenvalue weighted by molar-refractivity contribution is -0.00118. The van der Waals surface area contributed by atoms with Crippen LogP contribution in [0.2, 0.25) is 0 Å². The van der Waals surface area contributed by atoms with Crippen LogP contribution in [-0.4, -0.2) is 52.7 Å². The maximum absolute atomic E-state index is 12.3. The highest BCUT2D eigenvalue weighted by Crippen LogP contribution is 2.34. The Kier molecular flexibility index (Phi) is 5.28. The first-order valence-corrected chi connectivity index (χ1v) is 10.5. The summed E-state index contributed by atoms with van der Waals surface area (Å²) < 4.78 is 5.88. The number of ether oxygens (including phenoxy) is 1. The van der Waals surface area contributed by atoms with Gasteiger partial charge in [0, 0.05) is 50.6 Å². The van der Waals surface area contributed by atoms with Gasteiger partial charge < -0.3 is 9.64 Å². The van der Waals surface area contributed by atoms with Crippen molar-refractivity contribution in [1.82, 2.24) is 14.8 Å². The highest BCUT2D eigenvalue weighted by atomic mass is 16.6. The molecule has 0 saturated carbocycles. The van der Waals surface area contributed by atoms with Gasteiger partial charge in [0.15, 0.2) is 0 Å². The second-order valence-corrected chi connectivity index (χ2v) is 8.86. The van der Waals surface area contributed by atoms with Crippen LogP contribution in [0, 0.1) is 12.8 Å². The normalized spacial score (nSPS) is 19.7. The van der Waals surface area contributed by atoms with E-state index in [9.17, 15) is 4.79 Å². The summed E-state index contributed by atoms with van der Waals surface area (Å²) in [6, 6.07) is 8.45. The molecule has 28 heavy (non-hydrogen) atoms. The number of pyridine rings is 1. The summed E-state index contributed by atoms with van der Waals surface area (Å²) in [5.74, 6) is 0.602. The average molecular weight is 382 g/mol. The molecule has 2 aromatic rings. The van der Waals surface area contributed by atoms with Crippen LogP contribution in [0.25, 0.3) is 10.9 Å². The third-order valence-electron chi connectivity index (χ3n) is 6.30. The van der Waals surface area contributed by atoms with Crippen molar-refractivity contribution in [3.8, 4) is 0 Å². The fourth-order valence-corrected chi connectivity index (χ4v) is 4.41. The molecule has 0 atom stereocenters. The monoisotopic (exact) mass is 381 g/mol. The molecule has 4 rings (SSSR count). The fourth-order valence-electron chi connectivity index (χ4n) is 4.41. The Morgan fingerprint density at radius 1 is 1.21 bits per heavy atom. The smallest absolute Gasteiger partial charge is 0.410 e. The van der Waals surface area contributed by atoms with Gasteiger partial charge in [-0.3, -0.25) is 9.88 Å². The minimum absolute atomic E-state index is 0.120. The largest absolute Gasteiger partial charge is 0.441 e. The molecule has 5 nitrogen and oxygen atoms in total. The van der Waals surface area contributed by atoms with Crippen molar-refractivity contribution in [3.05, 3.63) is 41.6 Å². The predicted octanol–water partition coefficient (Wildman–Crippen LogP) is 4.38. The minimum atomic E-state index is -0.278. The van der Waals surface area contributed by atoms with Crippen molar-refractivity contribution in [1.29, 1.82) is 0 Å². The molecule has 2 saturated heterocycles. The van der Waals surface area contributed by atoms with Gasteiger partial charge in [0.05, 0.1) is 12.1 Å². The second-order valence-electron chi connectivity index (χ2n) is 8.86. The highest BCUT2D eigenvalue weighted by Gasteiger charge is 2.46. The van der Waals surface area contributed by atoms with Gasteiger partial charge in [0.1, 0.15) is 5.60 Å². The SMILES string of the molecule is Cc1ccc2ncccc2c1CN1CCC2(CC1)CN(CCC(C)C)C(=O)O2. The Morgan fingerprint density at radius 3 is 2.75 bits per heavy atom. The maximum Gasteiger partial charge on any atom is 0.410 e. The summed E-state index contributed by atoms with van der Waals surface area (Å²) in [6.07, 6.45) is 4.60. The van der Waals surface area contributed by atoms with Gasteiger partial charge in [-0.15, -0.1) is 0 Å². The first kappa shape index (κ1) is 19.2. The molecule has 5 heteroatoms. The predicted molar refractivity (Wildman–Crippen MR) is 111 cm³/mol. The number of fused-ring (bicyclic) bond motifs is 1. The molecule has 1 aromatic heterocycles. The van der Waals surface area contributed by atoms with Crippen molar-refractivity contribution in [2.45, 2.75) is 52.2 Å². The number of aromatic nitrogens is 1. The third-order valence-corrected chi connectivity index (χ3v) is 6.30. The zero-order chi connectivity index (χ0) is 19.7. The topological polar surface area (TPSA) is 45.7 Å². The minimum Gasteiger partial charge on any atom is -0.441 e. The van der Waals surface area contributed by atoms with E-state index in [-0.39, 0.29) is 11.7 Å². The lowest BCUT2D eigenvalue weighted by Gasteiger charge is -2.37. The van der Waals surface area contributed by atoms with E-state index in [0.717, 1.165) is 57.5 Å². The fraction of sp³-hybridized carbons (Fsp3) is 0.565. The number of hydrogen-bond acceptors (Lipinski definition) is 4. The molecule has 2 aliphatic rings. The Morgan fingerprint density at radius 2 is 2.00 bits per heavy atom. The van der Waals surface area contributed by atoms with Crippen molar-refractivity contribution >= 4 is 17.0 Å². The summed E-state index contributed by atoms with van der Waals surface area (Å²) in [5, 5.41) is 1.25. The molecule has 2 fully saturated rings. The first-order valence-electron chi connectivity index (χ1n) is 10.5. The number of carbonyl (C=O) groups is 1. The van der Waals surface area contributed by atoms with Crippen molar-refractivity contribution in [3.63, 3.8) is 0 Å². The molecule has 3 heterocycles. The van der Waals surface area contributed by atoms with Crippen LogP contribution >= 0.6 is 0 Å². The Hall–Kier alpha value is -2.14. The van der Waals surface area contributed by atoms with E-state index in [1.54, 1.807) is 0 Å². The van der Waals surface area contributed by atoms with Crippen molar-refractivity contribution < 1.29 is 9.53 Å². The highest BCUT2D eigenvalue weighted by molar-refractivity contribution is 5.83. The molecule has 1 aromatic carbocycles. The standard InChI is InChI=1S/C23H31N3O2/c1-17(2)8-12-26-16-23(28-22(26)27)9-13-25(14-10-23)15-20-18(3)6-7-21-19(20)5-4-11-24-21/h4-7,11,17H,8-10,12-16H2,1-3H3. The van der Waals surface area contributed by atoms with E-state index in [1.165, 1.54) is 16.5 Å². The molecule has 0 radical (unpaired) electrons. The van der Waals surface area contributed by atoms with Crippen LogP contribution in [-0.2, 0) is 11.3 Å². The summed E-state index contributed by atoms with van der Waals surface area (Å²) in [5.41, 5.74) is 3.46. The molecule has 1 amide bonds. The number of rotatable bonds is 5. The van der Waals surface area contributed by atoms with E-state index < -0.39 is 0 Å². The number of nitrogens with zero attached hydrogens (tertiary/aromatic N) is 3. The van der Waals surface area contributed by atoms with E-state index in [4.69, 9.17) is 4.74 Å². The van der Waals surface area contributed by atoms with Gasteiger partial charge in [0.2, 0.25) is 0 Å². The number of aryl methyl sites for hydroxylation is 1. The van der Waals surface area contributed by atoms with E-state index in [1.807, 2.05) is 17.2 Å². The van der Waals surface area contributed by atoms with Crippen molar-refractivity contribution in [2.75, 3.05) is 26.2 Å². The Labute approximate surface area is 167 Å². The molecular weight excluding hydrogens is 350 g/mol. The summed E-state index contributed by atoms with van der Waals surface area (Å²) in [6.45, 7) is 11.0. The number of carbonyl (C=O) groups excluding carboxylic acids is 1. The van der Waals surface area contributed by atoms with E-state index in [0.29, 0.717) is 5.92 Å². The van der Waals surface area contributed by atoms with Crippen LogP contribution in [0.4, 0.5) is 4.79 Å². The molecule has 150 valence electrons. The number of benzene rings is 1. The van der Waals surface area contributed by atoms with Crippen LogP contribution in [0.3, 0.4) is 0 Å². The third kappa shape index (κ3) is 3.86. The van der Waals surface area contributed by atoms with Gasteiger partial charge in [-0.05, 0) is 42.5 Å².